The third-order valence-corrected chi connectivity index (χ3v) is 3.14. The zero-order valence-corrected chi connectivity index (χ0v) is 7.93. The Hall–Kier alpha value is 0.560. The predicted octanol–water partition coefficient (Wildman–Crippen LogP) is 2.06. The van der Waals surface area contributed by atoms with Crippen molar-refractivity contribution in [3.63, 3.8) is 0 Å². The standard InChI is InChI=1S/C5H2Cl4O2/c6-1-2(7)4(9)5(10,11)3(1)8/h10-11H. The van der Waals surface area contributed by atoms with Gasteiger partial charge in [0.05, 0.1) is 10.1 Å². The molecule has 0 saturated heterocycles. The lowest BCUT2D eigenvalue weighted by Gasteiger charge is -2.14. The molecule has 0 heterocycles. The van der Waals surface area contributed by atoms with E-state index < -0.39 is 5.79 Å². The normalized spacial score (nSPS) is 23.5. The maximum Gasteiger partial charge on any atom is 0.242 e. The van der Waals surface area contributed by atoms with Crippen molar-refractivity contribution in [1.29, 1.82) is 0 Å². The molecule has 11 heavy (non-hydrogen) atoms. The summed E-state index contributed by atoms with van der Waals surface area (Å²) >= 11 is 21.7. The van der Waals surface area contributed by atoms with Gasteiger partial charge in [0.1, 0.15) is 10.1 Å². The van der Waals surface area contributed by atoms with E-state index in [0.29, 0.717) is 0 Å². The minimum atomic E-state index is -2.42. The maximum absolute atomic E-state index is 9.08. The van der Waals surface area contributed by atoms with Crippen molar-refractivity contribution in [2.24, 2.45) is 0 Å². The van der Waals surface area contributed by atoms with E-state index in [-0.39, 0.29) is 20.1 Å². The highest BCUT2D eigenvalue weighted by atomic mass is 35.5. The Morgan fingerprint density at radius 1 is 0.818 bits per heavy atom. The van der Waals surface area contributed by atoms with Gasteiger partial charge in [0.25, 0.3) is 0 Å². The van der Waals surface area contributed by atoms with Crippen LogP contribution in [0.1, 0.15) is 0 Å². The van der Waals surface area contributed by atoms with Crippen molar-refractivity contribution < 1.29 is 10.2 Å². The fraction of sp³-hybridized carbons (Fsp3) is 0.200. The number of aliphatic hydroxyl groups is 2. The molecule has 0 fully saturated rings. The Morgan fingerprint density at radius 3 is 1.18 bits per heavy atom. The summed E-state index contributed by atoms with van der Waals surface area (Å²) in [5.41, 5.74) is 0. The first-order valence-corrected chi connectivity index (χ1v) is 3.97. The van der Waals surface area contributed by atoms with Crippen LogP contribution in [0.25, 0.3) is 0 Å². The van der Waals surface area contributed by atoms with Gasteiger partial charge in [-0.3, -0.25) is 0 Å². The van der Waals surface area contributed by atoms with E-state index in [0.717, 1.165) is 0 Å². The second kappa shape index (κ2) is 2.80. The summed E-state index contributed by atoms with van der Waals surface area (Å²) in [5.74, 6) is -2.42. The number of hydrogen-bond donors (Lipinski definition) is 2. The Kier molecular flexibility index (Phi) is 2.46. The average molecular weight is 236 g/mol. The molecule has 62 valence electrons. The van der Waals surface area contributed by atoms with Crippen LogP contribution in [0.15, 0.2) is 20.1 Å². The van der Waals surface area contributed by atoms with E-state index in [9.17, 15) is 0 Å². The van der Waals surface area contributed by atoms with Gasteiger partial charge in [0.2, 0.25) is 5.79 Å². The molecular formula is C5H2Cl4O2. The molecule has 0 aromatic heterocycles. The number of rotatable bonds is 0. The Labute approximate surface area is 82.6 Å². The smallest absolute Gasteiger partial charge is 0.242 e. The van der Waals surface area contributed by atoms with Crippen LogP contribution in [0.3, 0.4) is 0 Å². The van der Waals surface area contributed by atoms with Crippen molar-refractivity contribution in [2.45, 2.75) is 5.79 Å². The molecule has 0 radical (unpaired) electrons. The van der Waals surface area contributed by atoms with Crippen molar-refractivity contribution in [2.75, 3.05) is 0 Å². The molecule has 6 heteroatoms. The lowest BCUT2D eigenvalue weighted by molar-refractivity contribution is -0.0803. The summed E-state index contributed by atoms with van der Waals surface area (Å²) in [5, 5.41) is 17.1. The van der Waals surface area contributed by atoms with Gasteiger partial charge < -0.3 is 10.2 Å². The van der Waals surface area contributed by atoms with E-state index in [1.807, 2.05) is 0 Å². The van der Waals surface area contributed by atoms with E-state index in [1.54, 1.807) is 0 Å². The van der Waals surface area contributed by atoms with Gasteiger partial charge >= 0.3 is 0 Å². The van der Waals surface area contributed by atoms with Gasteiger partial charge in [0, 0.05) is 0 Å². The molecular weight excluding hydrogens is 234 g/mol. The Morgan fingerprint density at radius 2 is 1.09 bits per heavy atom. The van der Waals surface area contributed by atoms with Gasteiger partial charge in [-0.1, -0.05) is 46.4 Å². The highest BCUT2D eigenvalue weighted by Crippen LogP contribution is 2.46. The monoisotopic (exact) mass is 234 g/mol. The van der Waals surface area contributed by atoms with Gasteiger partial charge in [-0.15, -0.1) is 0 Å². The van der Waals surface area contributed by atoms with Crippen LogP contribution in [-0.4, -0.2) is 16.0 Å². The number of hydrogen-bond acceptors (Lipinski definition) is 2. The zero-order valence-electron chi connectivity index (χ0n) is 4.91. The van der Waals surface area contributed by atoms with Gasteiger partial charge in [-0.2, -0.15) is 0 Å². The third kappa shape index (κ3) is 1.28. The van der Waals surface area contributed by atoms with Crippen LogP contribution in [0.5, 0.6) is 0 Å². The molecule has 0 atom stereocenters. The van der Waals surface area contributed by atoms with E-state index in [1.165, 1.54) is 0 Å². The van der Waals surface area contributed by atoms with Crippen LogP contribution in [0, 0.1) is 0 Å². The molecule has 0 aliphatic heterocycles. The van der Waals surface area contributed by atoms with Gasteiger partial charge in [0.15, 0.2) is 0 Å². The number of allylic oxidation sites excluding steroid dienone is 2. The molecule has 1 rings (SSSR count). The topological polar surface area (TPSA) is 40.5 Å². The minimum absolute atomic E-state index is 0.136. The first-order chi connectivity index (χ1) is 4.89. The number of halogens is 4. The molecule has 0 saturated carbocycles. The largest absolute Gasteiger partial charge is 0.357 e. The summed E-state index contributed by atoms with van der Waals surface area (Å²) in [6, 6.07) is 0. The lowest BCUT2D eigenvalue weighted by atomic mass is 10.3. The summed E-state index contributed by atoms with van der Waals surface area (Å²) < 4.78 is 0. The van der Waals surface area contributed by atoms with Crippen molar-refractivity contribution in [3.8, 4) is 0 Å². The zero-order chi connectivity index (χ0) is 8.81. The van der Waals surface area contributed by atoms with Crippen molar-refractivity contribution >= 4 is 46.4 Å². The van der Waals surface area contributed by atoms with Crippen LogP contribution >= 0.6 is 46.4 Å². The molecule has 0 amide bonds. The molecule has 2 N–H and O–H groups in total. The quantitative estimate of drug-likeness (QED) is 0.632. The second-order valence-electron chi connectivity index (χ2n) is 1.93. The first kappa shape index (κ1) is 9.65. The average Bonchev–Trinajstić information content (AvgIpc) is 2.06. The summed E-state index contributed by atoms with van der Waals surface area (Å²) in [6.07, 6.45) is 0. The molecule has 0 aromatic carbocycles. The molecule has 1 aliphatic carbocycles. The van der Waals surface area contributed by atoms with E-state index >= 15 is 0 Å². The summed E-state index contributed by atoms with van der Waals surface area (Å²) in [6.45, 7) is 0. The molecule has 1 aliphatic rings. The van der Waals surface area contributed by atoms with E-state index in [4.69, 9.17) is 56.6 Å². The fourth-order valence-electron chi connectivity index (χ4n) is 0.595. The van der Waals surface area contributed by atoms with E-state index in [2.05, 4.69) is 0 Å². The second-order valence-corrected chi connectivity index (χ2v) is 3.44. The van der Waals surface area contributed by atoms with Crippen LogP contribution in [0.2, 0.25) is 0 Å². The SMILES string of the molecule is OC1(O)C(Cl)=C(Cl)C(Cl)=C1Cl. The summed E-state index contributed by atoms with van der Waals surface area (Å²) in [7, 11) is 0. The Bertz CT molecular complexity index is 240. The molecule has 2 nitrogen and oxygen atoms in total. The summed E-state index contributed by atoms with van der Waals surface area (Å²) in [4.78, 5) is 0. The van der Waals surface area contributed by atoms with Crippen molar-refractivity contribution in [3.05, 3.63) is 20.1 Å². The molecule has 0 spiro atoms. The minimum Gasteiger partial charge on any atom is -0.357 e. The maximum atomic E-state index is 9.08. The Balaban J connectivity index is 3.27. The first-order valence-electron chi connectivity index (χ1n) is 2.45. The molecule has 0 unspecified atom stereocenters. The molecule has 0 aromatic rings. The fourth-order valence-corrected chi connectivity index (χ4v) is 1.57. The highest BCUT2D eigenvalue weighted by Gasteiger charge is 2.42. The van der Waals surface area contributed by atoms with Crippen LogP contribution < -0.4 is 0 Å². The van der Waals surface area contributed by atoms with Crippen LogP contribution in [-0.2, 0) is 0 Å². The van der Waals surface area contributed by atoms with Crippen LogP contribution in [0.4, 0.5) is 0 Å². The van der Waals surface area contributed by atoms with Gasteiger partial charge in [-0.05, 0) is 0 Å². The lowest BCUT2D eigenvalue weighted by Crippen LogP contribution is -2.26. The highest BCUT2D eigenvalue weighted by molar-refractivity contribution is 6.53. The van der Waals surface area contributed by atoms with Crippen molar-refractivity contribution in [1.82, 2.24) is 0 Å². The van der Waals surface area contributed by atoms with Gasteiger partial charge in [-0.25, -0.2) is 0 Å². The third-order valence-electron chi connectivity index (χ3n) is 1.19. The predicted molar refractivity (Wildman–Crippen MR) is 44.6 cm³/mol. The molecule has 0 bridgehead atoms.